The second kappa shape index (κ2) is 6.33. The van der Waals surface area contributed by atoms with Crippen LogP contribution in [0, 0.1) is 0 Å². The van der Waals surface area contributed by atoms with Crippen LogP contribution in [0.1, 0.15) is 39.5 Å². The Kier molecular flexibility index (Phi) is 4.68. The molecule has 1 saturated heterocycles. The third-order valence-electron chi connectivity index (χ3n) is 4.05. The minimum absolute atomic E-state index is 0.187. The second-order valence-electron chi connectivity index (χ2n) is 5.61. The zero-order chi connectivity index (χ0) is 16.3. The quantitative estimate of drug-likeness (QED) is 0.505. The monoisotopic (exact) mass is 311 g/mol. The summed E-state index contributed by atoms with van der Waals surface area (Å²) in [5.41, 5.74) is -0.944. The number of rotatable bonds is 7. The van der Waals surface area contributed by atoms with Gasteiger partial charge in [-0.05, 0) is 25.7 Å². The number of nitrogens with one attached hydrogen (secondary N) is 2. The molecule has 0 radical (unpaired) electrons. The molecule has 0 aromatic rings. The summed E-state index contributed by atoms with van der Waals surface area (Å²) in [6.07, 6.45) is 2.78. The number of imide groups is 1. The lowest BCUT2D eigenvalue weighted by Gasteiger charge is -2.22. The molecule has 0 aromatic carbocycles. The van der Waals surface area contributed by atoms with E-state index in [1.807, 2.05) is 0 Å². The fourth-order valence-electron chi connectivity index (χ4n) is 2.37. The topological polar surface area (TPSA) is 105 Å². The Hall–Kier alpha value is -2.12. The fourth-order valence-corrected chi connectivity index (χ4v) is 2.37. The van der Waals surface area contributed by atoms with Crippen LogP contribution in [0.3, 0.4) is 0 Å². The van der Waals surface area contributed by atoms with Crippen LogP contribution in [0.2, 0.25) is 0 Å². The van der Waals surface area contributed by atoms with Gasteiger partial charge in [0, 0.05) is 6.04 Å². The van der Waals surface area contributed by atoms with Gasteiger partial charge >= 0.3 is 12.0 Å². The molecule has 0 unspecified atom stereocenters. The zero-order valence-corrected chi connectivity index (χ0v) is 12.8. The van der Waals surface area contributed by atoms with Gasteiger partial charge in [-0.2, -0.15) is 0 Å². The maximum absolute atomic E-state index is 12.3. The van der Waals surface area contributed by atoms with Crippen LogP contribution in [0.15, 0.2) is 0 Å². The standard InChI is InChI=1S/C14H21N3O5/c1-3-14(4-2)12(20)17(13(21)16-14)7-11(19)22-8-10(18)15-9-5-6-9/h9H,3-8H2,1-2H3,(H,15,18)(H,16,21). The van der Waals surface area contributed by atoms with E-state index in [-0.39, 0.29) is 11.9 Å². The first kappa shape index (κ1) is 16.3. The minimum atomic E-state index is -0.944. The largest absolute Gasteiger partial charge is 0.454 e. The molecule has 2 aliphatic rings. The van der Waals surface area contributed by atoms with Crippen molar-refractivity contribution >= 4 is 23.8 Å². The van der Waals surface area contributed by atoms with E-state index >= 15 is 0 Å². The maximum atomic E-state index is 12.3. The lowest BCUT2D eigenvalue weighted by molar-refractivity contribution is -0.151. The Morgan fingerprint density at radius 2 is 1.95 bits per heavy atom. The summed E-state index contributed by atoms with van der Waals surface area (Å²) >= 11 is 0. The van der Waals surface area contributed by atoms with Crippen molar-refractivity contribution in [1.82, 2.24) is 15.5 Å². The molecule has 1 aliphatic heterocycles. The molecule has 1 saturated carbocycles. The first-order chi connectivity index (χ1) is 10.4. The van der Waals surface area contributed by atoms with Crippen molar-refractivity contribution in [2.45, 2.75) is 51.1 Å². The molecule has 2 fully saturated rings. The zero-order valence-electron chi connectivity index (χ0n) is 12.8. The Morgan fingerprint density at radius 3 is 2.45 bits per heavy atom. The summed E-state index contributed by atoms with van der Waals surface area (Å²) in [6, 6.07) is -0.417. The molecule has 2 rings (SSSR count). The fraction of sp³-hybridized carbons (Fsp3) is 0.714. The van der Waals surface area contributed by atoms with Crippen molar-refractivity contribution in [3.05, 3.63) is 0 Å². The summed E-state index contributed by atoms with van der Waals surface area (Å²) < 4.78 is 4.80. The third-order valence-corrected chi connectivity index (χ3v) is 4.05. The Labute approximate surface area is 128 Å². The lowest BCUT2D eigenvalue weighted by atomic mass is 9.93. The van der Waals surface area contributed by atoms with Crippen molar-refractivity contribution in [2.24, 2.45) is 0 Å². The van der Waals surface area contributed by atoms with Crippen LogP contribution < -0.4 is 10.6 Å². The number of hydrogen-bond donors (Lipinski definition) is 2. The van der Waals surface area contributed by atoms with Crippen molar-refractivity contribution < 1.29 is 23.9 Å². The molecule has 8 nitrogen and oxygen atoms in total. The molecule has 8 heteroatoms. The van der Waals surface area contributed by atoms with Gasteiger partial charge in [0.2, 0.25) is 0 Å². The van der Waals surface area contributed by atoms with Gasteiger partial charge in [0.25, 0.3) is 11.8 Å². The van der Waals surface area contributed by atoms with Crippen LogP contribution in [0.25, 0.3) is 0 Å². The van der Waals surface area contributed by atoms with E-state index in [0.29, 0.717) is 12.8 Å². The van der Waals surface area contributed by atoms with Gasteiger partial charge in [0.1, 0.15) is 12.1 Å². The SMILES string of the molecule is CCC1(CC)NC(=O)N(CC(=O)OCC(=O)NC2CC2)C1=O. The van der Waals surface area contributed by atoms with E-state index in [4.69, 9.17) is 4.74 Å². The molecule has 122 valence electrons. The van der Waals surface area contributed by atoms with E-state index in [9.17, 15) is 19.2 Å². The number of amides is 4. The Morgan fingerprint density at radius 1 is 1.32 bits per heavy atom. The number of carbonyl (C=O) groups excluding carboxylic acids is 4. The highest BCUT2D eigenvalue weighted by Gasteiger charge is 2.49. The van der Waals surface area contributed by atoms with Crippen molar-refractivity contribution in [3.8, 4) is 0 Å². The molecule has 0 bridgehead atoms. The summed E-state index contributed by atoms with van der Waals surface area (Å²) in [4.78, 5) is 48.1. The van der Waals surface area contributed by atoms with Gasteiger partial charge in [-0.25, -0.2) is 4.79 Å². The molecule has 0 aromatic heterocycles. The van der Waals surface area contributed by atoms with Gasteiger partial charge in [0.15, 0.2) is 6.61 Å². The van der Waals surface area contributed by atoms with Crippen LogP contribution in [-0.2, 0) is 19.1 Å². The average Bonchev–Trinajstić information content (AvgIpc) is 3.27. The predicted octanol–water partition coefficient (Wildman–Crippen LogP) is -0.0812. The highest BCUT2D eigenvalue weighted by atomic mass is 16.5. The van der Waals surface area contributed by atoms with E-state index < -0.39 is 36.6 Å². The molecule has 22 heavy (non-hydrogen) atoms. The van der Waals surface area contributed by atoms with Gasteiger partial charge < -0.3 is 15.4 Å². The van der Waals surface area contributed by atoms with Gasteiger partial charge in [-0.3, -0.25) is 19.3 Å². The summed E-state index contributed by atoms with van der Waals surface area (Å²) in [5.74, 6) is -1.58. The number of ether oxygens (including phenoxy) is 1. The van der Waals surface area contributed by atoms with Crippen LogP contribution in [-0.4, -0.2) is 53.4 Å². The molecule has 1 heterocycles. The third kappa shape index (κ3) is 3.37. The van der Waals surface area contributed by atoms with Crippen LogP contribution in [0.5, 0.6) is 0 Å². The van der Waals surface area contributed by atoms with Crippen molar-refractivity contribution in [1.29, 1.82) is 0 Å². The predicted molar refractivity (Wildman–Crippen MR) is 75.7 cm³/mol. The highest BCUT2D eigenvalue weighted by Crippen LogP contribution is 2.24. The first-order valence-electron chi connectivity index (χ1n) is 7.51. The maximum Gasteiger partial charge on any atom is 0.326 e. The molecule has 1 aliphatic carbocycles. The molecule has 2 N–H and O–H groups in total. The van der Waals surface area contributed by atoms with E-state index in [2.05, 4.69) is 10.6 Å². The highest BCUT2D eigenvalue weighted by molar-refractivity contribution is 6.08. The van der Waals surface area contributed by atoms with Crippen molar-refractivity contribution in [3.63, 3.8) is 0 Å². The normalized spacial score (nSPS) is 19.8. The first-order valence-corrected chi connectivity index (χ1v) is 7.51. The summed E-state index contributed by atoms with van der Waals surface area (Å²) in [5, 5.41) is 5.30. The minimum Gasteiger partial charge on any atom is -0.454 e. The molecule has 0 spiro atoms. The summed E-state index contributed by atoms with van der Waals surface area (Å²) in [7, 11) is 0. The molecule has 4 amide bonds. The van der Waals surface area contributed by atoms with Gasteiger partial charge in [0.05, 0.1) is 0 Å². The Balaban J connectivity index is 1.84. The molecular weight excluding hydrogens is 290 g/mol. The van der Waals surface area contributed by atoms with Gasteiger partial charge in [-0.15, -0.1) is 0 Å². The van der Waals surface area contributed by atoms with E-state index in [1.54, 1.807) is 13.8 Å². The average molecular weight is 311 g/mol. The summed E-state index contributed by atoms with van der Waals surface area (Å²) in [6.45, 7) is 2.71. The number of urea groups is 1. The second-order valence-corrected chi connectivity index (χ2v) is 5.61. The number of nitrogens with zero attached hydrogens (tertiary/aromatic N) is 1. The Bertz CT molecular complexity index is 497. The van der Waals surface area contributed by atoms with E-state index in [0.717, 1.165) is 17.7 Å². The lowest BCUT2D eigenvalue weighted by Crippen LogP contribution is -2.46. The van der Waals surface area contributed by atoms with Crippen LogP contribution >= 0.6 is 0 Å². The number of esters is 1. The number of carbonyl (C=O) groups is 4. The van der Waals surface area contributed by atoms with E-state index in [1.165, 1.54) is 0 Å². The molecular formula is C14H21N3O5. The van der Waals surface area contributed by atoms with Crippen molar-refractivity contribution in [2.75, 3.05) is 13.2 Å². The molecule has 0 atom stereocenters. The number of hydrogen-bond acceptors (Lipinski definition) is 5. The van der Waals surface area contributed by atoms with Gasteiger partial charge in [-0.1, -0.05) is 13.8 Å². The van der Waals surface area contributed by atoms with Crippen LogP contribution in [0.4, 0.5) is 4.79 Å². The smallest absolute Gasteiger partial charge is 0.326 e.